The first-order valence-electron chi connectivity index (χ1n) is 4.86. The van der Waals surface area contributed by atoms with Crippen molar-refractivity contribution in [1.82, 2.24) is 5.32 Å². The van der Waals surface area contributed by atoms with E-state index in [1.54, 1.807) is 0 Å². The van der Waals surface area contributed by atoms with Gasteiger partial charge in [-0.2, -0.15) is 0 Å². The molecule has 1 saturated heterocycles. The molecule has 1 aromatic rings. The van der Waals surface area contributed by atoms with Gasteiger partial charge in [0.15, 0.2) is 0 Å². The summed E-state index contributed by atoms with van der Waals surface area (Å²) in [6.45, 7) is 2.93. The van der Waals surface area contributed by atoms with Gasteiger partial charge in [0, 0.05) is 17.5 Å². The van der Waals surface area contributed by atoms with E-state index in [0.29, 0.717) is 6.04 Å². The third-order valence-electron chi connectivity index (χ3n) is 2.35. The van der Waals surface area contributed by atoms with Crippen molar-refractivity contribution >= 4 is 24.0 Å². The highest BCUT2D eigenvalue weighted by Gasteiger charge is 2.20. The molecule has 2 nitrogen and oxygen atoms in total. The summed E-state index contributed by atoms with van der Waals surface area (Å²) in [6, 6.07) is 8.37. The van der Waals surface area contributed by atoms with Gasteiger partial charge < -0.3 is 4.74 Å². The quantitative estimate of drug-likeness (QED) is 0.868. The van der Waals surface area contributed by atoms with Crippen LogP contribution < -0.4 is 5.32 Å². The van der Waals surface area contributed by atoms with Gasteiger partial charge in [0.2, 0.25) is 0 Å². The molecule has 1 aromatic carbocycles. The molecule has 84 valence electrons. The zero-order valence-corrected chi connectivity index (χ0v) is 10.1. The molecule has 4 heteroatoms. The lowest BCUT2D eigenvalue weighted by Crippen LogP contribution is -2.29. The van der Waals surface area contributed by atoms with Crippen LogP contribution in [0.3, 0.4) is 0 Å². The fraction of sp³-hybridized carbons (Fsp3) is 0.455. The molecule has 0 aromatic heterocycles. The number of benzene rings is 1. The van der Waals surface area contributed by atoms with E-state index in [1.165, 1.54) is 5.56 Å². The van der Waals surface area contributed by atoms with E-state index in [1.807, 2.05) is 24.3 Å². The first-order chi connectivity index (χ1) is 6.74. The van der Waals surface area contributed by atoms with E-state index in [4.69, 9.17) is 16.3 Å². The first kappa shape index (κ1) is 12.8. The Morgan fingerprint density at radius 1 is 1.40 bits per heavy atom. The Balaban J connectivity index is 0.00000112. The molecule has 0 aliphatic carbocycles. The summed E-state index contributed by atoms with van der Waals surface area (Å²) in [5.74, 6) is 0. The fourth-order valence-corrected chi connectivity index (χ4v) is 1.75. The Labute approximate surface area is 101 Å². The Bertz CT molecular complexity index is 302. The lowest BCUT2D eigenvalue weighted by molar-refractivity contribution is 0.101. The Morgan fingerprint density at radius 2 is 2.07 bits per heavy atom. The third kappa shape index (κ3) is 3.65. The molecule has 2 rings (SSSR count). The van der Waals surface area contributed by atoms with Crippen LogP contribution in [-0.2, 0) is 11.2 Å². The smallest absolute Gasteiger partial charge is 0.112 e. The Kier molecular flexibility index (Phi) is 4.87. The van der Waals surface area contributed by atoms with E-state index in [-0.39, 0.29) is 18.6 Å². The summed E-state index contributed by atoms with van der Waals surface area (Å²) in [6.07, 6.45) is 1.06. The average Bonchev–Trinajstić information content (AvgIpc) is 2.56. The number of hydrogen-bond acceptors (Lipinski definition) is 2. The van der Waals surface area contributed by atoms with Crippen LogP contribution in [-0.4, -0.2) is 18.9 Å². The topological polar surface area (TPSA) is 21.3 Å². The maximum Gasteiger partial charge on any atom is 0.112 e. The lowest BCUT2D eigenvalue weighted by atomic mass is 10.1. The van der Waals surface area contributed by atoms with Gasteiger partial charge in [-0.25, -0.2) is 0 Å². The van der Waals surface area contributed by atoms with Crippen molar-refractivity contribution in [2.45, 2.75) is 25.6 Å². The van der Waals surface area contributed by atoms with Crippen LogP contribution in [0.4, 0.5) is 0 Å². The molecule has 1 aliphatic heterocycles. The van der Waals surface area contributed by atoms with E-state index in [0.717, 1.165) is 18.1 Å². The number of halogens is 2. The van der Waals surface area contributed by atoms with Crippen molar-refractivity contribution in [3.05, 3.63) is 34.9 Å². The predicted octanol–water partition coefficient (Wildman–Crippen LogP) is 2.64. The molecular formula is C11H15Cl2NO. The molecule has 0 spiro atoms. The molecule has 0 saturated carbocycles. The number of rotatable bonds is 2. The minimum atomic E-state index is 0. The van der Waals surface area contributed by atoms with Gasteiger partial charge in [-0.1, -0.05) is 23.7 Å². The second-order valence-corrected chi connectivity index (χ2v) is 4.16. The van der Waals surface area contributed by atoms with Crippen LogP contribution in [0.1, 0.15) is 12.5 Å². The van der Waals surface area contributed by atoms with Gasteiger partial charge in [0.25, 0.3) is 0 Å². The average molecular weight is 248 g/mol. The number of nitrogens with one attached hydrogen (secondary N) is 1. The van der Waals surface area contributed by atoms with Crippen molar-refractivity contribution in [3.8, 4) is 0 Å². The fourth-order valence-electron chi connectivity index (χ4n) is 1.63. The van der Waals surface area contributed by atoms with Gasteiger partial charge in [0.05, 0.1) is 6.61 Å². The van der Waals surface area contributed by atoms with Crippen LogP contribution in [0.25, 0.3) is 0 Å². The van der Waals surface area contributed by atoms with Crippen molar-refractivity contribution in [1.29, 1.82) is 0 Å². The molecule has 1 heterocycles. The molecule has 0 bridgehead atoms. The highest BCUT2D eigenvalue weighted by molar-refractivity contribution is 6.30. The second-order valence-electron chi connectivity index (χ2n) is 3.72. The van der Waals surface area contributed by atoms with Crippen LogP contribution >= 0.6 is 24.0 Å². The monoisotopic (exact) mass is 247 g/mol. The zero-order chi connectivity index (χ0) is 9.97. The molecule has 1 fully saturated rings. The third-order valence-corrected chi connectivity index (χ3v) is 2.60. The van der Waals surface area contributed by atoms with E-state index >= 15 is 0 Å². The largest absolute Gasteiger partial charge is 0.361 e. The maximum absolute atomic E-state index is 5.80. The molecule has 2 unspecified atom stereocenters. The minimum absolute atomic E-state index is 0. The zero-order valence-electron chi connectivity index (χ0n) is 8.57. The molecule has 15 heavy (non-hydrogen) atoms. The summed E-state index contributed by atoms with van der Waals surface area (Å²) < 4.78 is 5.56. The van der Waals surface area contributed by atoms with Gasteiger partial charge in [0.1, 0.15) is 6.23 Å². The highest BCUT2D eigenvalue weighted by Crippen LogP contribution is 2.13. The first-order valence-corrected chi connectivity index (χ1v) is 5.24. The Hall–Kier alpha value is -0.280. The van der Waals surface area contributed by atoms with Gasteiger partial charge in [-0.05, 0) is 24.6 Å². The van der Waals surface area contributed by atoms with Crippen LogP contribution in [0.5, 0.6) is 0 Å². The number of hydrogen-bond donors (Lipinski definition) is 1. The molecule has 1 aliphatic rings. The van der Waals surface area contributed by atoms with Gasteiger partial charge in [-0.3, -0.25) is 5.32 Å². The van der Waals surface area contributed by atoms with Gasteiger partial charge in [-0.15, -0.1) is 12.4 Å². The molecule has 1 N–H and O–H groups in total. The standard InChI is InChI=1S/C11H14ClNO.ClH/c1-8-7-14-11(13-8)6-9-2-4-10(12)5-3-9;/h2-5,8,11,13H,6-7H2,1H3;1H. The molecular weight excluding hydrogens is 233 g/mol. The van der Waals surface area contributed by atoms with Crippen LogP contribution in [0.2, 0.25) is 5.02 Å². The SMILES string of the molecule is CC1COC(Cc2ccc(Cl)cc2)N1.Cl. The normalized spacial score (nSPS) is 24.9. The van der Waals surface area contributed by atoms with Crippen LogP contribution in [0.15, 0.2) is 24.3 Å². The van der Waals surface area contributed by atoms with Gasteiger partial charge >= 0.3 is 0 Å². The summed E-state index contributed by atoms with van der Waals surface area (Å²) in [5, 5.41) is 4.14. The van der Waals surface area contributed by atoms with E-state index < -0.39 is 0 Å². The Morgan fingerprint density at radius 3 is 2.60 bits per heavy atom. The second kappa shape index (κ2) is 5.71. The number of ether oxygens (including phenoxy) is 1. The van der Waals surface area contributed by atoms with Crippen molar-refractivity contribution < 1.29 is 4.74 Å². The highest BCUT2D eigenvalue weighted by atomic mass is 35.5. The van der Waals surface area contributed by atoms with E-state index in [2.05, 4.69) is 12.2 Å². The summed E-state index contributed by atoms with van der Waals surface area (Å²) in [5.41, 5.74) is 1.25. The molecule has 2 atom stereocenters. The van der Waals surface area contributed by atoms with Crippen LogP contribution in [0, 0.1) is 0 Å². The summed E-state index contributed by atoms with van der Waals surface area (Å²) in [4.78, 5) is 0. The summed E-state index contributed by atoms with van der Waals surface area (Å²) in [7, 11) is 0. The van der Waals surface area contributed by atoms with Crippen molar-refractivity contribution in [2.75, 3.05) is 6.61 Å². The van der Waals surface area contributed by atoms with Crippen molar-refractivity contribution in [3.63, 3.8) is 0 Å². The lowest BCUT2D eigenvalue weighted by Gasteiger charge is -2.10. The van der Waals surface area contributed by atoms with E-state index in [9.17, 15) is 0 Å². The summed E-state index contributed by atoms with van der Waals surface area (Å²) >= 11 is 5.80. The van der Waals surface area contributed by atoms with Crippen molar-refractivity contribution in [2.24, 2.45) is 0 Å². The minimum Gasteiger partial charge on any atom is -0.361 e. The maximum atomic E-state index is 5.80. The predicted molar refractivity (Wildman–Crippen MR) is 64.7 cm³/mol. The molecule has 0 radical (unpaired) electrons. The molecule has 0 amide bonds.